The molecule has 2 aromatic carbocycles. The lowest BCUT2D eigenvalue weighted by atomic mass is 10.2. The summed E-state index contributed by atoms with van der Waals surface area (Å²) in [5.74, 6) is 2.12. The van der Waals surface area contributed by atoms with Gasteiger partial charge in [0.15, 0.2) is 16.6 Å². The van der Waals surface area contributed by atoms with E-state index in [0.717, 1.165) is 23.4 Å². The molecule has 2 aromatic rings. The predicted molar refractivity (Wildman–Crippen MR) is 109 cm³/mol. The van der Waals surface area contributed by atoms with E-state index in [1.54, 1.807) is 32.6 Å². The van der Waals surface area contributed by atoms with Crippen molar-refractivity contribution in [2.75, 3.05) is 26.1 Å². The monoisotopic (exact) mass is 373 g/mol. The van der Waals surface area contributed by atoms with Crippen molar-refractivity contribution in [3.63, 3.8) is 0 Å². The average Bonchev–Trinajstić information content (AvgIpc) is 2.67. The molecule has 2 rings (SSSR count). The smallest absolute Gasteiger partial charge is 0.191 e. The van der Waals surface area contributed by atoms with Gasteiger partial charge in [-0.15, -0.1) is 0 Å². The van der Waals surface area contributed by atoms with Gasteiger partial charge in [0, 0.05) is 11.8 Å². The zero-order valence-corrected chi connectivity index (χ0v) is 15.9. The molecule has 138 valence electrons. The number of thiocarbonyl (C=S) groups is 1. The molecule has 0 spiro atoms. The zero-order valence-electron chi connectivity index (χ0n) is 15.1. The minimum Gasteiger partial charge on any atom is -0.494 e. The Morgan fingerprint density at radius 1 is 1.08 bits per heavy atom. The lowest BCUT2D eigenvalue weighted by Crippen LogP contribution is -2.23. The Bertz CT molecular complexity index is 748. The Balaban J connectivity index is 1.87. The zero-order chi connectivity index (χ0) is 18.8. The first kappa shape index (κ1) is 19.5. The van der Waals surface area contributed by atoms with Gasteiger partial charge in [0.1, 0.15) is 5.75 Å². The number of ether oxygens (including phenoxy) is 3. The van der Waals surface area contributed by atoms with Crippen LogP contribution in [0, 0.1) is 0 Å². The molecule has 0 saturated carbocycles. The Labute approximate surface area is 159 Å². The molecule has 0 radical (unpaired) electrons. The lowest BCUT2D eigenvalue weighted by Gasteiger charge is -2.11. The number of methoxy groups -OCH3 is 2. The minimum absolute atomic E-state index is 0.372. The van der Waals surface area contributed by atoms with Gasteiger partial charge in [0.05, 0.1) is 27.0 Å². The van der Waals surface area contributed by atoms with Crippen molar-refractivity contribution in [1.29, 1.82) is 0 Å². The van der Waals surface area contributed by atoms with Crippen molar-refractivity contribution >= 4 is 29.2 Å². The molecule has 0 aliphatic heterocycles. The van der Waals surface area contributed by atoms with Crippen LogP contribution in [0.5, 0.6) is 17.2 Å². The molecule has 0 heterocycles. The number of benzene rings is 2. The third kappa shape index (κ3) is 5.93. The Kier molecular flexibility index (Phi) is 7.70. The van der Waals surface area contributed by atoms with E-state index in [1.807, 2.05) is 30.3 Å². The summed E-state index contributed by atoms with van der Waals surface area (Å²) < 4.78 is 16.0. The van der Waals surface area contributed by atoms with E-state index in [4.69, 9.17) is 26.4 Å². The van der Waals surface area contributed by atoms with Crippen molar-refractivity contribution in [1.82, 2.24) is 5.43 Å². The van der Waals surface area contributed by atoms with Crippen LogP contribution in [0.2, 0.25) is 0 Å². The van der Waals surface area contributed by atoms with Gasteiger partial charge in [-0.25, -0.2) is 0 Å². The maximum absolute atomic E-state index is 5.54. The van der Waals surface area contributed by atoms with Gasteiger partial charge >= 0.3 is 0 Å². The van der Waals surface area contributed by atoms with Crippen molar-refractivity contribution in [2.24, 2.45) is 5.10 Å². The van der Waals surface area contributed by atoms with Crippen LogP contribution >= 0.6 is 12.2 Å². The van der Waals surface area contributed by atoms with E-state index in [-0.39, 0.29) is 0 Å². The highest BCUT2D eigenvalue weighted by atomic mass is 32.1. The topological polar surface area (TPSA) is 64.1 Å². The van der Waals surface area contributed by atoms with Gasteiger partial charge in [-0.05, 0) is 60.6 Å². The third-order valence-electron chi connectivity index (χ3n) is 3.37. The summed E-state index contributed by atoms with van der Waals surface area (Å²) in [6.07, 6.45) is 2.67. The van der Waals surface area contributed by atoms with E-state index < -0.39 is 0 Å². The second-order valence-corrected chi connectivity index (χ2v) is 5.72. The van der Waals surface area contributed by atoms with E-state index in [9.17, 15) is 0 Å². The molecular formula is C19H23N3O3S. The normalized spacial score (nSPS) is 10.4. The van der Waals surface area contributed by atoms with Crippen LogP contribution in [-0.4, -0.2) is 32.2 Å². The summed E-state index contributed by atoms with van der Waals surface area (Å²) in [7, 11) is 3.18. The quantitative estimate of drug-likeness (QED) is 0.417. The number of anilines is 1. The van der Waals surface area contributed by atoms with Crippen LogP contribution in [0.4, 0.5) is 5.69 Å². The molecule has 0 aliphatic rings. The second kappa shape index (κ2) is 10.2. The molecule has 6 nitrogen and oxygen atoms in total. The molecule has 0 saturated heterocycles. The number of hydrogen-bond acceptors (Lipinski definition) is 5. The van der Waals surface area contributed by atoms with E-state index in [2.05, 4.69) is 22.8 Å². The van der Waals surface area contributed by atoms with Crippen molar-refractivity contribution < 1.29 is 14.2 Å². The fraction of sp³-hybridized carbons (Fsp3) is 0.263. The Morgan fingerprint density at radius 3 is 2.46 bits per heavy atom. The van der Waals surface area contributed by atoms with Gasteiger partial charge in [-0.3, -0.25) is 5.43 Å². The molecule has 0 atom stereocenters. The van der Waals surface area contributed by atoms with Gasteiger partial charge in [0.25, 0.3) is 0 Å². The molecule has 0 fully saturated rings. The summed E-state index contributed by atoms with van der Waals surface area (Å²) in [6.45, 7) is 2.79. The van der Waals surface area contributed by atoms with Crippen LogP contribution in [0.15, 0.2) is 47.6 Å². The summed E-state index contributed by atoms with van der Waals surface area (Å²) in [4.78, 5) is 0. The van der Waals surface area contributed by atoms with Crippen molar-refractivity contribution in [3.05, 3.63) is 48.0 Å². The summed E-state index contributed by atoms with van der Waals surface area (Å²) in [5, 5.41) is 7.54. The molecule has 0 aliphatic carbocycles. The number of nitrogens with zero attached hydrogens (tertiary/aromatic N) is 1. The summed E-state index contributed by atoms with van der Waals surface area (Å²) in [6, 6.07) is 13.1. The maximum Gasteiger partial charge on any atom is 0.191 e. The third-order valence-corrected chi connectivity index (χ3v) is 3.57. The van der Waals surface area contributed by atoms with Crippen LogP contribution < -0.4 is 25.0 Å². The first-order chi connectivity index (χ1) is 12.7. The van der Waals surface area contributed by atoms with Gasteiger partial charge in [0.2, 0.25) is 0 Å². The molecule has 7 heteroatoms. The highest BCUT2D eigenvalue weighted by Crippen LogP contribution is 2.29. The predicted octanol–water partition coefficient (Wildman–Crippen LogP) is 3.81. The Morgan fingerprint density at radius 2 is 1.81 bits per heavy atom. The van der Waals surface area contributed by atoms with Gasteiger partial charge in [-0.2, -0.15) is 5.10 Å². The standard InChI is InChI=1S/C19H23N3O3S/c1-4-11-25-16-8-5-14(6-9-16)13-20-22-19(26)21-15-7-10-17(23-2)18(12-15)24-3/h5-10,12-13H,4,11H2,1-3H3,(H2,21,22,26)/b20-13-. The lowest BCUT2D eigenvalue weighted by molar-refractivity contribution is 0.317. The fourth-order valence-corrected chi connectivity index (χ4v) is 2.28. The second-order valence-electron chi connectivity index (χ2n) is 5.31. The molecule has 0 unspecified atom stereocenters. The average molecular weight is 373 g/mol. The van der Waals surface area contributed by atoms with Gasteiger partial charge < -0.3 is 19.5 Å². The van der Waals surface area contributed by atoms with E-state index in [0.29, 0.717) is 23.2 Å². The highest BCUT2D eigenvalue weighted by Gasteiger charge is 2.05. The molecule has 2 N–H and O–H groups in total. The van der Waals surface area contributed by atoms with E-state index >= 15 is 0 Å². The van der Waals surface area contributed by atoms with Crippen molar-refractivity contribution in [3.8, 4) is 17.2 Å². The number of hydrazone groups is 1. The largest absolute Gasteiger partial charge is 0.494 e. The first-order valence-corrected chi connectivity index (χ1v) is 8.62. The fourth-order valence-electron chi connectivity index (χ4n) is 2.11. The SMILES string of the molecule is CCCOc1ccc(/C=N\NC(=S)Nc2ccc(OC)c(OC)c2)cc1. The van der Waals surface area contributed by atoms with E-state index in [1.165, 1.54) is 0 Å². The van der Waals surface area contributed by atoms with Crippen molar-refractivity contribution in [2.45, 2.75) is 13.3 Å². The number of hydrogen-bond donors (Lipinski definition) is 2. The number of nitrogens with one attached hydrogen (secondary N) is 2. The highest BCUT2D eigenvalue weighted by molar-refractivity contribution is 7.80. The summed E-state index contributed by atoms with van der Waals surface area (Å²) in [5.41, 5.74) is 4.49. The minimum atomic E-state index is 0.372. The van der Waals surface area contributed by atoms with Crippen LogP contribution in [0.3, 0.4) is 0 Å². The molecule has 0 amide bonds. The number of rotatable bonds is 8. The van der Waals surface area contributed by atoms with Crippen LogP contribution in [-0.2, 0) is 0 Å². The van der Waals surface area contributed by atoms with Crippen LogP contribution in [0.1, 0.15) is 18.9 Å². The molecule has 0 aromatic heterocycles. The molecular weight excluding hydrogens is 350 g/mol. The molecule has 26 heavy (non-hydrogen) atoms. The van der Waals surface area contributed by atoms with Crippen LogP contribution in [0.25, 0.3) is 0 Å². The summed E-state index contributed by atoms with van der Waals surface area (Å²) >= 11 is 5.23. The van der Waals surface area contributed by atoms with Gasteiger partial charge in [-0.1, -0.05) is 6.92 Å². The molecule has 0 bridgehead atoms. The first-order valence-electron chi connectivity index (χ1n) is 8.21. The maximum atomic E-state index is 5.54. The Hall–Kier alpha value is -2.80.